The van der Waals surface area contributed by atoms with Crippen LogP contribution in [0.4, 0.5) is 0 Å². The summed E-state index contributed by atoms with van der Waals surface area (Å²) in [5.74, 6) is 1.42. The van der Waals surface area contributed by atoms with Gasteiger partial charge in [0, 0.05) is 41.8 Å². The molecule has 6 nitrogen and oxygen atoms in total. The van der Waals surface area contributed by atoms with Crippen LogP contribution in [0.1, 0.15) is 18.4 Å². The number of ether oxygens (including phenoxy) is 2. The van der Waals surface area contributed by atoms with Gasteiger partial charge in [0.15, 0.2) is 11.5 Å². The molecule has 0 heterocycles. The molecule has 22 heavy (non-hydrogen) atoms. The third-order valence-corrected chi connectivity index (χ3v) is 3.59. The quantitative estimate of drug-likeness (QED) is 0.690. The zero-order chi connectivity index (χ0) is 16.4. The summed E-state index contributed by atoms with van der Waals surface area (Å²) < 4.78 is 21.6. The lowest BCUT2D eigenvalue weighted by atomic mass is 10.2. The average Bonchev–Trinajstić information content (AvgIpc) is 2.51. The monoisotopic (exact) mass is 324 g/mol. The molecule has 1 atom stereocenters. The minimum Gasteiger partial charge on any atom is -0.493 e. The van der Waals surface area contributed by atoms with Gasteiger partial charge in [0.1, 0.15) is 0 Å². The zero-order valence-corrected chi connectivity index (χ0v) is 13.6. The average molecular weight is 324 g/mol. The standard InChI is InChI=1S/C15H20N2O4S/c1-20-14-10-12(11-16)5-6-13(14)21-8-3-4-15(18)17-7-9-22(2)19/h5-6,10H,3-4,7-9H2,1-2H3,(H,17,18)/t22-/m0/s1. The lowest BCUT2D eigenvalue weighted by molar-refractivity contribution is -0.121. The molecule has 0 aliphatic carbocycles. The molecule has 1 aromatic rings. The first kappa shape index (κ1) is 18.0. The molecule has 0 saturated heterocycles. The van der Waals surface area contributed by atoms with Gasteiger partial charge in [-0.2, -0.15) is 5.26 Å². The predicted molar refractivity (Wildman–Crippen MR) is 84.4 cm³/mol. The van der Waals surface area contributed by atoms with E-state index in [0.717, 1.165) is 0 Å². The molecule has 0 aliphatic rings. The Labute approximate surface area is 132 Å². The number of carbonyl (C=O) groups is 1. The number of nitrogens with zero attached hydrogens (tertiary/aromatic N) is 1. The van der Waals surface area contributed by atoms with Crippen molar-refractivity contribution >= 4 is 16.7 Å². The molecule has 120 valence electrons. The van der Waals surface area contributed by atoms with E-state index in [1.165, 1.54) is 7.11 Å². The summed E-state index contributed by atoms with van der Waals surface area (Å²) in [4.78, 5) is 11.5. The molecule has 0 aromatic heterocycles. The Morgan fingerprint density at radius 2 is 2.18 bits per heavy atom. The lowest BCUT2D eigenvalue weighted by Crippen LogP contribution is -2.27. The van der Waals surface area contributed by atoms with Crippen LogP contribution in [0.3, 0.4) is 0 Å². The second kappa shape index (κ2) is 9.79. The van der Waals surface area contributed by atoms with E-state index in [1.807, 2.05) is 6.07 Å². The van der Waals surface area contributed by atoms with Crippen LogP contribution in [0.15, 0.2) is 18.2 Å². The molecule has 0 saturated carbocycles. The van der Waals surface area contributed by atoms with Gasteiger partial charge in [0.25, 0.3) is 0 Å². The fourth-order valence-electron chi connectivity index (χ4n) is 1.69. The topological polar surface area (TPSA) is 88.4 Å². The molecule has 7 heteroatoms. The number of nitrogens with one attached hydrogen (secondary N) is 1. The first-order valence-electron chi connectivity index (χ1n) is 6.84. The Morgan fingerprint density at radius 3 is 2.82 bits per heavy atom. The molecule has 1 amide bonds. The van der Waals surface area contributed by atoms with E-state index in [1.54, 1.807) is 24.5 Å². The van der Waals surface area contributed by atoms with E-state index in [0.29, 0.717) is 48.8 Å². The van der Waals surface area contributed by atoms with Gasteiger partial charge < -0.3 is 14.8 Å². The maximum atomic E-state index is 11.5. The number of carbonyl (C=O) groups excluding carboxylic acids is 1. The third kappa shape index (κ3) is 6.59. The molecule has 1 aromatic carbocycles. The van der Waals surface area contributed by atoms with Crippen LogP contribution in [-0.4, -0.2) is 42.4 Å². The van der Waals surface area contributed by atoms with Crippen LogP contribution in [0.2, 0.25) is 0 Å². The Balaban J connectivity index is 2.31. The number of rotatable bonds is 9. The number of methoxy groups -OCH3 is 1. The van der Waals surface area contributed by atoms with Gasteiger partial charge in [0.2, 0.25) is 5.91 Å². The summed E-state index contributed by atoms with van der Waals surface area (Å²) in [5.41, 5.74) is 0.497. The van der Waals surface area contributed by atoms with Crippen LogP contribution >= 0.6 is 0 Å². The summed E-state index contributed by atoms with van der Waals surface area (Å²) in [7, 11) is 0.611. The van der Waals surface area contributed by atoms with E-state index in [4.69, 9.17) is 14.7 Å². The zero-order valence-electron chi connectivity index (χ0n) is 12.8. The van der Waals surface area contributed by atoms with Crippen molar-refractivity contribution in [2.24, 2.45) is 0 Å². The smallest absolute Gasteiger partial charge is 0.220 e. The minimum absolute atomic E-state index is 0.0826. The summed E-state index contributed by atoms with van der Waals surface area (Å²) in [6.45, 7) is 0.793. The Bertz CT molecular complexity index is 569. The summed E-state index contributed by atoms with van der Waals surface area (Å²) in [6, 6.07) is 6.96. The summed E-state index contributed by atoms with van der Waals surface area (Å²) in [6.07, 6.45) is 2.50. The van der Waals surface area contributed by atoms with Gasteiger partial charge >= 0.3 is 0 Å². The highest BCUT2D eigenvalue weighted by Gasteiger charge is 2.06. The molecule has 0 spiro atoms. The first-order valence-corrected chi connectivity index (χ1v) is 8.57. The van der Waals surface area contributed by atoms with Crippen molar-refractivity contribution in [2.45, 2.75) is 12.8 Å². The highest BCUT2D eigenvalue weighted by Crippen LogP contribution is 2.27. The van der Waals surface area contributed by atoms with Crippen molar-refractivity contribution in [2.75, 3.05) is 32.3 Å². The fraction of sp³-hybridized carbons (Fsp3) is 0.467. The van der Waals surface area contributed by atoms with E-state index in [-0.39, 0.29) is 5.91 Å². The summed E-state index contributed by atoms with van der Waals surface area (Å²) >= 11 is 0. The van der Waals surface area contributed by atoms with Crippen molar-refractivity contribution in [1.82, 2.24) is 5.32 Å². The maximum absolute atomic E-state index is 11.5. The molecular formula is C15H20N2O4S. The first-order chi connectivity index (χ1) is 10.6. The van der Waals surface area contributed by atoms with E-state index < -0.39 is 10.8 Å². The van der Waals surface area contributed by atoms with Crippen molar-refractivity contribution < 1.29 is 18.5 Å². The third-order valence-electron chi connectivity index (χ3n) is 2.81. The minimum atomic E-state index is -0.897. The van der Waals surface area contributed by atoms with Gasteiger partial charge in [-0.15, -0.1) is 0 Å². The van der Waals surface area contributed by atoms with Crippen molar-refractivity contribution in [1.29, 1.82) is 5.26 Å². The van der Waals surface area contributed by atoms with Crippen LogP contribution < -0.4 is 14.8 Å². The van der Waals surface area contributed by atoms with Crippen LogP contribution in [0, 0.1) is 11.3 Å². The molecular weight excluding hydrogens is 304 g/mol. The largest absolute Gasteiger partial charge is 0.493 e. The molecule has 0 aliphatic heterocycles. The fourth-order valence-corrected chi connectivity index (χ4v) is 2.08. The number of hydrogen-bond donors (Lipinski definition) is 1. The SMILES string of the molecule is COc1cc(C#N)ccc1OCCCC(=O)NCC[S@](C)=O. The van der Waals surface area contributed by atoms with Crippen molar-refractivity contribution in [3.05, 3.63) is 23.8 Å². The maximum Gasteiger partial charge on any atom is 0.220 e. The number of amides is 1. The second-order valence-corrected chi connectivity index (χ2v) is 6.11. The van der Waals surface area contributed by atoms with E-state index in [9.17, 15) is 9.00 Å². The molecule has 1 N–H and O–H groups in total. The molecule has 0 fully saturated rings. The number of nitriles is 1. The Hall–Kier alpha value is -2.07. The number of benzene rings is 1. The second-order valence-electron chi connectivity index (χ2n) is 4.56. The normalized spacial score (nSPS) is 11.3. The molecule has 0 bridgehead atoms. The highest BCUT2D eigenvalue weighted by molar-refractivity contribution is 7.84. The Kier molecular flexibility index (Phi) is 8.00. The van der Waals surface area contributed by atoms with Crippen LogP contribution in [-0.2, 0) is 15.6 Å². The highest BCUT2D eigenvalue weighted by atomic mass is 32.2. The van der Waals surface area contributed by atoms with Crippen LogP contribution in [0.25, 0.3) is 0 Å². The van der Waals surface area contributed by atoms with E-state index in [2.05, 4.69) is 5.32 Å². The van der Waals surface area contributed by atoms with Gasteiger partial charge in [-0.1, -0.05) is 0 Å². The van der Waals surface area contributed by atoms with Gasteiger partial charge in [-0.3, -0.25) is 9.00 Å². The van der Waals surface area contributed by atoms with Gasteiger partial charge in [-0.25, -0.2) is 0 Å². The summed E-state index contributed by atoms with van der Waals surface area (Å²) in [5, 5.41) is 11.5. The molecule has 0 unspecified atom stereocenters. The van der Waals surface area contributed by atoms with Gasteiger partial charge in [0.05, 0.1) is 25.3 Å². The number of hydrogen-bond acceptors (Lipinski definition) is 5. The van der Waals surface area contributed by atoms with Crippen molar-refractivity contribution in [3.8, 4) is 17.6 Å². The van der Waals surface area contributed by atoms with Crippen LogP contribution in [0.5, 0.6) is 11.5 Å². The molecule has 0 radical (unpaired) electrons. The van der Waals surface area contributed by atoms with E-state index >= 15 is 0 Å². The lowest BCUT2D eigenvalue weighted by Gasteiger charge is -2.10. The predicted octanol–water partition coefficient (Wildman–Crippen LogP) is 1.22. The van der Waals surface area contributed by atoms with Crippen molar-refractivity contribution in [3.63, 3.8) is 0 Å². The van der Waals surface area contributed by atoms with Gasteiger partial charge in [-0.05, 0) is 18.6 Å². The Morgan fingerprint density at radius 1 is 1.41 bits per heavy atom. The molecule has 1 rings (SSSR count).